The van der Waals surface area contributed by atoms with Crippen LogP contribution < -0.4 is 4.74 Å². The van der Waals surface area contributed by atoms with E-state index in [9.17, 15) is 4.79 Å². The Morgan fingerprint density at radius 3 is 2.57 bits per heavy atom. The molecule has 0 spiro atoms. The van der Waals surface area contributed by atoms with Crippen LogP contribution in [0.15, 0.2) is 18.2 Å². The molecule has 4 nitrogen and oxygen atoms in total. The Labute approximate surface area is 126 Å². The van der Waals surface area contributed by atoms with Crippen LogP contribution >= 0.6 is 0 Å². The summed E-state index contributed by atoms with van der Waals surface area (Å²) in [5.41, 5.74) is 1.47. The number of ether oxygens (including phenoxy) is 2. The Morgan fingerprint density at radius 1 is 1.33 bits per heavy atom. The largest absolute Gasteiger partial charge is 0.496 e. The lowest BCUT2D eigenvalue weighted by Gasteiger charge is -2.34. The van der Waals surface area contributed by atoms with E-state index in [1.807, 2.05) is 0 Å². The minimum Gasteiger partial charge on any atom is -0.496 e. The Bertz CT molecular complexity index is 498. The summed E-state index contributed by atoms with van der Waals surface area (Å²) in [6.07, 6.45) is 4.73. The van der Waals surface area contributed by atoms with Crippen molar-refractivity contribution in [1.82, 2.24) is 0 Å². The van der Waals surface area contributed by atoms with Crippen molar-refractivity contribution in [3.8, 4) is 5.75 Å². The molecule has 2 rings (SSSR count). The summed E-state index contributed by atoms with van der Waals surface area (Å²) < 4.78 is 11.2. The number of aromatic carboxylic acids is 1. The zero-order chi connectivity index (χ0) is 15.5. The van der Waals surface area contributed by atoms with Gasteiger partial charge < -0.3 is 14.6 Å². The molecule has 1 N–H and O–H groups in total. The highest BCUT2D eigenvalue weighted by atomic mass is 16.5. The first kappa shape index (κ1) is 15.8. The van der Waals surface area contributed by atoms with Crippen LogP contribution in [0.2, 0.25) is 0 Å². The van der Waals surface area contributed by atoms with Crippen molar-refractivity contribution in [2.24, 2.45) is 5.41 Å². The first-order valence-corrected chi connectivity index (χ1v) is 7.43. The molecule has 0 unspecified atom stereocenters. The molecular weight excluding hydrogens is 268 g/mol. The second kappa shape index (κ2) is 6.48. The highest BCUT2D eigenvalue weighted by Gasteiger charge is 2.27. The number of benzene rings is 1. The average molecular weight is 292 g/mol. The molecule has 0 aliphatic heterocycles. The normalized spacial score (nSPS) is 18.4. The van der Waals surface area contributed by atoms with Crippen LogP contribution in [-0.4, -0.2) is 24.3 Å². The number of hydrogen-bond acceptors (Lipinski definition) is 3. The second-order valence-electron chi connectivity index (χ2n) is 6.51. The second-order valence-corrected chi connectivity index (χ2v) is 6.51. The van der Waals surface area contributed by atoms with Crippen molar-refractivity contribution in [3.63, 3.8) is 0 Å². The average Bonchev–Trinajstić information content (AvgIpc) is 2.45. The first-order valence-electron chi connectivity index (χ1n) is 7.43. The molecule has 1 aliphatic carbocycles. The fourth-order valence-electron chi connectivity index (χ4n) is 2.77. The van der Waals surface area contributed by atoms with Crippen molar-refractivity contribution >= 4 is 5.97 Å². The molecular formula is C17H24O4. The minimum atomic E-state index is -0.932. The lowest BCUT2D eigenvalue weighted by molar-refractivity contribution is -0.00623. The van der Waals surface area contributed by atoms with Gasteiger partial charge >= 0.3 is 5.97 Å². The van der Waals surface area contributed by atoms with Crippen molar-refractivity contribution in [3.05, 3.63) is 29.3 Å². The van der Waals surface area contributed by atoms with Gasteiger partial charge in [-0.25, -0.2) is 4.79 Å². The lowest BCUT2D eigenvalue weighted by atomic mass is 9.76. The van der Waals surface area contributed by atoms with Gasteiger partial charge in [0.15, 0.2) is 0 Å². The summed E-state index contributed by atoms with van der Waals surface area (Å²) in [6, 6.07) is 4.87. The number of methoxy groups -OCH3 is 1. The van der Waals surface area contributed by atoms with Gasteiger partial charge in [0.2, 0.25) is 0 Å². The maximum absolute atomic E-state index is 11.0. The van der Waals surface area contributed by atoms with E-state index in [-0.39, 0.29) is 11.7 Å². The molecule has 4 heteroatoms. The molecule has 0 atom stereocenters. The van der Waals surface area contributed by atoms with Crippen molar-refractivity contribution in [2.75, 3.05) is 7.11 Å². The van der Waals surface area contributed by atoms with Gasteiger partial charge in [-0.1, -0.05) is 13.8 Å². The van der Waals surface area contributed by atoms with Gasteiger partial charge in [-0.3, -0.25) is 0 Å². The molecule has 0 aromatic heterocycles. The van der Waals surface area contributed by atoms with E-state index in [0.29, 0.717) is 17.8 Å². The quantitative estimate of drug-likeness (QED) is 0.894. The van der Waals surface area contributed by atoms with Crippen LogP contribution in [-0.2, 0) is 11.3 Å². The molecule has 1 aliphatic rings. The highest BCUT2D eigenvalue weighted by Crippen LogP contribution is 2.36. The van der Waals surface area contributed by atoms with E-state index in [2.05, 4.69) is 13.8 Å². The molecule has 1 aromatic carbocycles. The van der Waals surface area contributed by atoms with Crippen LogP contribution in [0.1, 0.15) is 55.5 Å². The predicted octanol–water partition coefficient (Wildman–Crippen LogP) is 3.88. The van der Waals surface area contributed by atoms with Crippen molar-refractivity contribution in [2.45, 2.75) is 52.2 Å². The third-order valence-corrected chi connectivity index (χ3v) is 4.29. The van der Waals surface area contributed by atoms with Crippen LogP contribution in [0.4, 0.5) is 0 Å². The standard InChI is InChI=1S/C17H24O4/c1-17(2)8-6-14(7-9-17)21-11-13-10-12(16(18)19)4-5-15(13)20-3/h4-5,10,14H,6-9,11H2,1-3H3,(H,18,19). The fourth-order valence-corrected chi connectivity index (χ4v) is 2.77. The van der Waals surface area contributed by atoms with E-state index in [1.165, 1.54) is 12.8 Å². The van der Waals surface area contributed by atoms with Gasteiger partial charge in [0, 0.05) is 5.56 Å². The van der Waals surface area contributed by atoms with Gasteiger partial charge in [-0.2, -0.15) is 0 Å². The maximum Gasteiger partial charge on any atom is 0.335 e. The topological polar surface area (TPSA) is 55.8 Å². The van der Waals surface area contributed by atoms with E-state index in [0.717, 1.165) is 18.4 Å². The minimum absolute atomic E-state index is 0.260. The number of carboxylic acid groups (broad SMARTS) is 1. The Morgan fingerprint density at radius 2 is 2.00 bits per heavy atom. The molecule has 21 heavy (non-hydrogen) atoms. The molecule has 1 fully saturated rings. The van der Waals surface area contributed by atoms with Crippen molar-refractivity contribution in [1.29, 1.82) is 0 Å². The molecule has 116 valence electrons. The van der Waals surface area contributed by atoms with Gasteiger partial charge in [0.25, 0.3) is 0 Å². The third-order valence-electron chi connectivity index (χ3n) is 4.29. The zero-order valence-electron chi connectivity index (χ0n) is 13.0. The zero-order valence-corrected chi connectivity index (χ0v) is 13.0. The molecule has 0 heterocycles. The van der Waals surface area contributed by atoms with Gasteiger partial charge in [-0.15, -0.1) is 0 Å². The van der Waals surface area contributed by atoms with Gasteiger partial charge in [-0.05, 0) is 49.3 Å². The molecule has 0 bridgehead atoms. The Kier molecular flexibility index (Phi) is 4.88. The summed E-state index contributed by atoms with van der Waals surface area (Å²) in [5, 5.41) is 9.07. The summed E-state index contributed by atoms with van der Waals surface area (Å²) >= 11 is 0. The van der Waals surface area contributed by atoms with Gasteiger partial charge in [0.1, 0.15) is 5.75 Å². The summed E-state index contributed by atoms with van der Waals surface area (Å²) in [4.78, 5) is 11.0. The Hall–Kier alpha value is -1.55. The molecule has 1 saturated carbocycles. The molecule has 0 radical (unpaired) electrons. The smallest absolute Gasteiger partial charge is 0.335 e. The Balaban J connectivity index is 1.99. The van der Waals surface area contributed by atoms with Crippen LogP contribution in [0.3, 0.4) is 0 Å². The maximum atomic E-state index is 11.0. The summed E-state index contributed by atoms with van der Waals surface area (Å²) in [5.74, 6) is -0.255. The van der Waals surface area contributed by atoms with Crippen LogP contribution in [0.25, 0.3) is 0 Å². The van der Waals surface area contributed by atoms with Crippen LogP contribution in [0, 0.1) is 5.41 Å². The van der Waals surface area contributed by atoms with E-state index in [1.54, 1.807) is 25.3 Å². The number of rotatable bonds is 5. The molecule has 1 aromatic rings. The molecule has 0 saturated heterocycles. The summed E-state index contributed by atoms with van der Waals surface area (Å²) in [7, 11) is 1.59. The lowest BCUT2D eigenvalue weighted by Crippen LogP contribution is -2.26. The number of carbonyl (C=O) groups is 1. The SMILES string of the molecule is COc1ccc(C(=O)O)cc1COC1CCC(C)(C)CC1. The van der Waals surface area contributed by atoms with Crippen molar-refractivity contribution < 1.29 is 19.4 Å². The van der Waals surface area contributed by atoms with E-state index < -0.39 is 5.97 Å². The summed E-state index contributed by atoms with van der Waals surface area (Å²) in [6.45, 7) is 4.99. The van der Waals surface area contributed by atoms with E-state index in [4.69, 9.17) is 14.6 Å². The van der Waals surface area contributed by atoms with E-state index >= 15 is 0 Å². The van der Waals surface area contributed by atoms with Crippen LogP contribution in [0.5, 0.6) is 5.75 Å². The fraction of sp³-hybridized carbons (Fsp3) is 0.588. The van der Waals surface area contributed by atoms with Gasteiger partial charge in [0.05, 0.1) is 25.4 Å². The monoisotopic (exact) mass is 292 g/mol. The number of carboxylic acids is 1. The molecule has 0 amide bonds. The third kappa shape index (κ3) is 4.21. The predicted molar refractivity (Wildman–Crippen MR) is 80.8 cm³/mol. The first-order chi connectivity index (χ1) is 9.91. The highest BCUT2D eigenvalue weighted by molar-refractivity contribution is 5.88. The number of hydrogen-bond donors (Lipinski definition) is 1.